The fourth-order valence-electron chi connectivity index (χ4n) is 13.1. The molecule has 12 aromatic rings. The minimum Gasteiger partial charge on any atom is -0.310 e. The van der Waals surface area contributed by atoms with Crippen LogP contribution >= 0.6 is 0 Å². The molecule has 368 valence electrons. The predicted octanol–water partition coefficient (Wildman–Crippen LogP) is 18.4. The second-order valence-corrected chi connectivity index (χ2v) is 33.6. The summed E-state index contributed by atoms with van der Waals surface area (Å²) >= 11 is 0. The van der Waals surface area contributed by atoms with E-state index in [2.05, 4.69) is 292 Å². The molecule has 0 unspecified atom stereocenters. The molecule has 0 saturated heterocycles. The summed E-state index contributed by atoms with van der Waals surface area (Å²) in [5, 5.41) is 10.4. The average molecular weight is 1010 g/mol. The molecule has 1 aliphatic carbocycles. The average Bonchev–Trinajstić information content (AvgIpc) is 4.12. The molecule has 1 aromatic heterocycles. The van der Waals surface area contributed by atoms with Gasteiger partial charge in [0.15, 0.2) is 0 Å². The second-order valence-electron chi connectivity index (χ2n) is 23.5. The van der Waals surface area contributed by atoms with Gasteiger partial charge in [-0.2, -0.15) is 0 Å². The Morgan fingerprint density at radius 3 is 1.20 bits per heavy atom. The van der Waals surface area contributed by atoms with E-state index in [0.29, 0.717) is 0 Å². The Morgan fingerprint density at radius 2 is 0.724 bits per heavy atom. The first-order valence-electron chi connectivity index (χ1n) is 27.0. The topological polar surface area (TPSA) is 11.4 Å². The summed E-state index contributed by atoms with van der Waals surface area (Å²) in [6.45, 7) is 19.0. The minimum atomic E-state index is -1.59. The SMILES string of the molecule is Cc1ccc(N(c2ccc([Si](C)(C)C)cc2)c2cc3c(c4ccccc24)-c2c(cc(N(c4ccc(C)cc4)c4ccc([Si](C)(C)C)cc4)c4ccccc24)C32c3ccccc3-n3c4ccccc4c4cccc2c43)cc1. The molecule has 0 radical (unpaired) electrons. The van der Waals surface area contributed by atoms with Crippen LogP contribution in [0.4, 0.5) is 34.1 Å². The number of benzene rings is 11. The van der Waals surface area contributed by atoms with Gasteiger partial charge in [-0.25, -0.2) is 0 Å². The van der Waals surface area contributed by atoms with Crippen LogP contribution in [0.2, 0.25) is 39.3 Å². The highest BCUT2D eigenvalue weighted by atomic mass is 28.3. The lowest BCUT2D eigenvalue weighted by Gasteiger charge is -2.40. The summed E-state index contributed by atoms with van der Waals surface area (Å²) in [6, 6.07) is 86.4. The Bertz CT molecular complexity index is 4110. The first kappa shape index (κ1) is 46.3. The maximum absolute atomic E-state index is 2.61. The highest BCUT2D eigenvalue weighted by Gasteiger charge is 2.53. The van der Waals surface area contributed by atoms with Crippen LogP contribution in [0.5, 0.6) is 0 Å². The number of aryl methyl sites for hydroxylation is 2. The van der Waals surface area contributed by atoms with Crippen molar-refractivity contribution in [1.82, 2.24) is 4.57 Å². The Hall–Kier alpha value is -8.23. The quantitative estimate of drug-likeness (QED) is 0.141. The van der Waals surface area contributed by atoms with Crippen molar-refractivity contribution in [2.45, 2.75) is 58.5 Å². The molecule has 0 bridgehead atoms. The highest BCUT2D eigenvalue weighted by Crippen LogP contribution is 2.65. The number of para-hydroxylation sites is 3. The maximum Gasteiger partial charge on any atom is 0.0775 e. The molecule has 0 atom stereocenters. The summed E-state index contributed by atoms with van der Waals surface area (Å²) < 4.78 is 2.57. The molecule has 0 N–H and O–H groups in total. The van der Waals surface area contributed by atoms with Crippen molar-refractivity contribution in [3.63, 3.8) is 0 Å². The van der Waals surface area contributed by atoms with Gasteiger partial charge in [0.1, 0.15) is 0 Å². The summed E-state index contributed by atoms with van der Waals surface area (Å²) in [5.41, 5.74) is 20.1. The van der Waals surface area contributed by atoms with Gasteiger partial charge in [-0.15, -0.1) is 0 Å². The zero-order valence-electron chi connectivity index (χ0n) is 44.7. The van der Waals surface area contributed by atoms with Crippen molar-refractivity contribution in [3.05, 3.63) is 258 Å². The molecule has 2 heterocycles. The molecule has 1 aliphatic heterocycles. The van der Waals surface area contributed by atoms with Gasteiger partial charge in [0.25, 0.3) is 0 Å². The lowest BCUT2D eigenvalue weighted by atomic mass is 9.65. The molecular formula is C71H61N3Si2. The van der Waals surface area contributed by atoms with Gasteiger partial charge in [-0.3, -0.25) is 0 Å². The third kappa shape index (κ3) is 6.78. The van der Waals surface area contributed by atoms with Gasteiger partial charge in [0.2, 0.25) is 0 Å². The van der Waals surface area contributed by atoms with Crippen LogP contribution in [-0.4, -0.2) is 20.7 Å². The minimum absolute atomic E-state index is 0.760. The molecule has 11 aromatic carbocycles. The van der Waals surface area contributed by atoms with E-state index < -0.39 is 21.6 Å². The van der Waals surface area contributed by atoms with Crippen molar-refractivity contribution in [1.29, 1.82) is 0 Å². The number of rotatable bonds is 8. The van der Waals surface area contributed by atoms with Crippen LogP contribution in [-0.2, 0) is 5.41 Å². The molecule has 14 rings (SSSR count). The van der Waals surface area contributed by atoms with Crippen molar-refractivity contribution in [2.75, 3.05) is 9.80 Å². The normalized spacial score (nSPS) is 13.4. The molecule has 3 nitrogen and oxygen atoms in total. The van der Waals surface area contributed by atoms with Crippen molar-refractivity contribution in [2.24, 2.45) is 0 Å². The smallest absolute Gasteiger partial charge is 0.0775 e. The number of nitrogens with zero attached hydrogens (tertiary/aromatic N) is 3. The van der Waals surface area contributed by atoms with E-state index in [0.717, 1.165) is 34.1 Å². The number of fused-ring (bicyclic) bond motifs is 16. The van der Waals surface area contributed by atoms with E-state index in [9.17, 15) is 0 Å². The van der Waals surface area contributed by atoms with Gasteiger partial charge in [-0.05, 0) is 131 Å². The predicted molar refractivity (Wildman–Crippen MR) is 331 cm³/mol. The molecule has 0 saturated carbocycles. The zero-order chi connectivity index (χ0) is 51.8. The van der Waals surface area contributed by atoms with E-state index >= 15 is 0 Å². The van der Waals surface area contributed by atoms with Gasteiger partial charge in [-0.1, -0.05) is 212 Å². The van der Waals surface area contributed by atoms with Crippen molar-refractivity contribution in [3.8, 4) is 16.8 Å². The highest BCUT2D eigenvalue weighted by molar-refractivity contribution is 6.89. The Labute approximate surface area is 449 Å². The number of aromatic nitrogens is 1. The van der Waals surface area contributed by atoms with Crippen LogP contribution in [0, 0.1) is 13.8 Å². The third-order valence-electron chi connectivity index (χ3n) is 16.8. The maximum atomic E-state index is 2.61. The van der Waals surface area contributed by atoms with Gasteiger partial charge >= 0.3 is 0 Å². The number of hydrogen-bond acceptors (Lipinski definition) is 2. The lowest BCUT2D eigenvalue weighted by molar-refractivity contribution is 0.749. The fraction of sp³-hybridized carbons (Fsp3) is 0.127. The molecule has 0 fully saturated rings. The van der Waals surface area contributed by atoms with Gasteiger partial charge in [0.05, 0.1) is 49.7 Å². The summed E-state index contributed by atoms with van der Waals surface area (Å²) in [7, 11) is -3.18. The fourth-order valence-corrected chi connectivity index (χ4v) is 15.4. The Balaban J connectivity index is 1.17. The third-order valence-corrected chi connectivity index (χ3v) is 20.9. The van der Waals surface area contributed by atoms with E-state index in [1.165, 1.54) is 104 Å². The summed E-state index contributed by atoms with van der Waals surface area (Å²) in [6.07, 6.45) is 0. The summed E-state index contributed by atoms with van der Waals surface area (Å²) in [4.78, 5) is 5.07. The summed E-state index contributed by atoms with van der Waals surface area (Å²) in [5.74, 6) is 0. The van der Waals surface area contributed by atoms with Crippen LogP contribution in [0.3, 0.4) is 0 Å². The lowest BCUT2D eigenvalue weighted by Crippen LogP contribution is -2.37. The first-order valence-corrected chi connectivity index (χ1v) is 34.0. The number of anilines is 6. The molecule has 5 heteroatoms. The van der Waals surface area contributed by atoms with Crippen molar-refractivity contribution >= 4 is 104 Å². The molecule has 76 heavy (non-hydrogen) atoms. The van der Waals surface area contributed by atoms with E-state index in [-0.39, 0.29) is 0 Å². The monoisotopic (exact) mass is 1010 g/mol. The largest absolute Gasteiger partial charge is 0.310 e. The van der Waals surface area contributed by atoms with Crippen LogP contribution in [0.1, 0.15) is 33.4 Å². The number of hydrogen-bond donors (Lipinski definition) is 0. The Morgan fingerprint density at radius 1 is 0.342 bits per heavy atom. The zero-order valence-corrected chi connectivity index (χ0v) is 46.7. The van der Waals surface area contributed by atoms with Crippen molar-refractivity contribution < 1.29 is 0 Å². The van der Waals surface area contributed by atoms with Crippen LogP contribution in [0.25, 0.3) is 60.2 Å². The molecule has 1 spiro atoms. The molecule has 2 aliphatic rings. The van der Waals surface area contributed by atoms with Gasteiger partial charge < -0.3 is 14.4 Å². The van der Waals surface area contributed by atoms with Gasteiger partial charge in [0, 0.05) is 44.3 Å². The second kappa shape index (κ2) is 16.9. The van der Waals surface area contributed by atoms with E-state index in [1.807, 2.05) is 0 Å². The van der Waals surface area contributed by atoms with Crippen LogP contribution < -0.4 is 20.2 Å². The molecule has 0 amide bonds. The van der Waals surface area contributed by atoms with E-state index in [4.69, 9.17) is 0 Å². The molecular weight excluding hydrogens is 951 g/mol. The van der Waals surface area contributed by atoms with E-state index in [1.54, 1.807) is 0 Å². The Kier molecular flexibility index (Phi) is 10.3. The standard InChI is InChI=1S/C71H61N3Si2/c1-46-28-32-48(33-29-46)72(50-36-40-52(41-37-50)75(3,4)5)66-44-62-68(57-21-11-9-18-54(57)66)69-58-22-12-10-19-55(58)67(73(49-34-30-47(2)31-35-49)51-38-42-53(43-39-51)76(6,7)8)45-63(69)71(62)60-24-14-16-27-65(60)74-64-26-15-13-20-56(64)59-23-17-25-61(71)70(59)74/h9-45H,1-8H3. The first-order chi connectivity index (χ1) is 36.8. The van der Waals surface area contributed by atoms with Crippen LogP contribution in [0.15, 0.2) is 224 Å².